The van der Waals surface area contributed by atoms with Gasteiger partial charge in [0.15, 0.2) is 22.8 Å². The highest BCUT2D eigenvalue weighted by Crippen LogP contribution is 2.60. The molecule has 3 aliphatic carbocycles. The number of hydrogen-bond donors (Lipinski definition) is 8. The van der Waals surface area contributed by atoms with E-state index in [0.717, 1.165) is 11.0 Å². The number of nitriles is 1. The van der Waals surface area contributed by atoms with Gasteiger partial charge in [0, 0.05) is 5.56 Å². The van der Waals surface area contributed by atoms with Gasteiger partial charge in [-0.25, -0.2) is 0 Å². The Hall–Kier alpha value is -4.13. The molecule has 0 radical (unpaired) electrons. The van der Waals surface area contributed by atoms with Crippen molar-refractivity contribution in [1.29, 1.82) is 5.26 Å². The smallest absolute Gasteiger partial charge is 0.255 e. The first-order chi connectivity index (χ1) is 17.5. The van der Waals surface area contributed by atoms with E-state index in [1.807, 2.05) is 0 Å². The molecule has 0 bridgehead atoms. The number of likely N-dealkylation sites (N-methyl/N-ethyl adjacent to an activating group) is 1. The summed E-state index contributed by atoms with van der Waals surface area (Å²) in [5.74, 6) is -7.82. The summed E-state index contributed by atoms with van der Waals surface area (Å²) in [5, 5.41) is 55.2. The largest absolute Gasteiger partial charge is 0.509 e. The highest BCUT2D eigenvalue weighted by molar-refractivity contribution is 6.26. The van der Waals surface area contributed by atoms with Crippen LogP contribution in [0.5, 0.6) is 5.75 Å². The normalized spacial score (nSPS) is 34.4. The van der Waals surface area contributed by atoms with E-state index in [4.69, 9.17) is 22.9 Å². The summed E-state index contributed by atoms with van der Waals surface area (Å²) < 4.78 is 0. The van der Waals surface area contributed by atoms with E-state index in [2.05, 4.69) is 0 Å². The van der Waals surface area contributed by atoms with Crippen molar-refractivity contribution >= 4 is 29.0 Å². The van der Waals surface area contributed by atoms with Crippen molar-refractivity contribution < 1.29 is 39.6 Å². The van der Waals surface area contributed by atoms with E-state index in [1.54, 1.807) is 6.07 Å². The molecule has 1 amide bonds. The highest BCUT2D eigenvalue weighted by Gasteiger charge is 2.79. The van der Waals surface area contributed by atoms with Gasteiger partial charge in [-0.15, -0.1) is 0 Å². The second-order valence-electron chi connectivity index (χ2n) is 9.96. The monoisotopic (exact) mass is 526 g/mol. The number of carbonyl (C=O) groups is 4. The Morgan fingerprint density at radius 1 is 1.13 bits per heavy atom. The van der Waals surface area contributed by atoms with E-state index in [0.29, 0.717) is 0 Å². The predicted molar refractivity (Wildman–Crippen MR) is 129 cm³/mol. The molecule has 0 heterocycles. The minimum Gasteiger partial charge on any atom is -0.509 e. The van der Waals surface area contributed by atoms with Gasteiger partial charge in [-0.05, 0) is 38.7 Å². The van der Waals surface area contributed by atoms with E-state index < -0.39 is 91.9 Å². The van der Waals surface area contributed by atoms with E-state index in [9.17, 15) is 44.9 Å². The van der Waals surface area contributed by atoms with Gasteiger partial charge in [0.05, 0.1) is 34.8 Å². The summed E-state index contributed by atoms with van der Waals surface area (Å²) in [6.07, 6.45) is -2.36. The number of hydrogen-bond acceptors (Lipinski definition) is 13. The van der Waals surface area contributed by atoms with Gasteiger partial charge in [-0.2, -0.15) is 5.26 Å². The van der Waals surface area contributed by atoms with Crippen molar-refractivity contribution in [2.24, 2.45) is 28.3 Å². The Balaban J connectivity index is 2.25. The van der Waals surface area contributed by atoms with E-state index in [1.165, 1.54) is 27.1 Å². The third-order valence-corrected chi connectivity index (χ3v) is 7.93. The van der Waals surface area contributed by atoms with Crippen molar-refractivity contribution in [3.05, 3.63) is 45.7 Å². The van der Waals surface area contributed by atoms with Crippen LogP contribution in [-0.4, -0.2) is 85.9 Å². The number of Topliss-reactive ketones (excluding diaryl/α,β-unsaturated/α-hetero) is 3. The van der Waals surface area contributed by atoms with Crippen LogP contribution in [0.1, 0.15) is 34.5 Å². The quantitative estimate of drug-likeness (QED) is 0.150. The third kappa shape index (κ3) is 2.66. The van der Waals surface area contributed by atoms with Gasteiger partial charge in [-0.1, -0.05) is 0 Å². The van der Waals surface area contributed by atoms with Crippen LogP contribution in [0.15, 0.2) is 29.0 Å². The Labute approximate surface area is 215 Å². The molecule has 14 heteroatoms. The molecule has 1 saturated carbocycles. The highest BCUT2D eigenvalue weighted by atomic mass is 16.3. The number of benzene rings is 1. The molecule has 14 nitrogen and oxygen atoms in total. The van der Waals surface area contributed by atoms with Crippen LogP contribution in [0.3, 0.4) is 0 Å². The van der Waals surface area contributed by atoms with Crippen LogP contribution >= 0.6 is 0 Å². The maximum atomic E-state index is 14.3. The van der Waals surface area contributed by atoms with Gasteiger partial charge in [0.1, 0.15) is 34.5 Å². The number of carbonyl (C=O) groups excluding carboxylic acids is 4. The molecule has 1 aromatic rings. The molecule has 0 spiro atoms. The first kappa shape index (κ1) is 26.9. The molecule has 200 valence electrons. The molecule has 12 N–H and O–H groups in total. The number of phenolic OH excluding ortho intramolecular Hbond substituents is 1. The number of primary amides is 1. The van der Waals surface area contributed by atoms with Gasteiger partial charge in [0.25, 0.3) is 5.91 Å². The van der Waals surface area contributed by atoms with Gasteiger partial charge in [0.2, 0.25) is 0 Å². The molecular weight excluding hydrogens is 500 g/mol. The summed E-state index contributed by atoms with van der Waals surface area (Å²) in [6, 6.07) is 0.252. The zero-order valence-electron chi connectivity index (χ0n) is 20.5. The molecule has 0 aliphatic heterocycles. The third-order valence-electron chi connectivity index (χ3n) is 7.93. The fraction of sp³-hybridized carbons (Fsp3) is 0.375. The minimum atomic E-state index is -3.07. The zero-order chi connectivity index (χ0) is 28.9. The van der Waals surface area contributed by atoms with Crippen LogP contribution in [-0.2, 0) is 14.4 Å². The number of rotatable bonds is 3. The second kappa shape index (κ2) is 7.93. The maximum absolute atomic E-state index is 14.3. The molecule has 1 fully saturated rings. The molecule has 0 saturated heterocycles. The lowest BCUT2D eigenvalue weighted by Crippen LogP contribution is -2.87. The molecule has 4 rings (SSSR count). The maximum Gasteiger partial charge on any atom is 0.255 e. The average molecular weight is 527 g/mol. The van der Waals surface area contributed by atoms with Crippen LogP contribution in [0.4, 0.5) is 0 Å². The number of nitrogens with zero attached hydrogens (tertiary/aromatic N) is 2. The van der Waals surface area contributed by atoms with Crippen molar-refractivity contribution in [3.63, 3.8) is 0 Å². The number of nitrogens with two attached hydrogens (primary N) is 4. The predicted octanol–water partition coefficient (Wildman–Crippen LogP) is -2.46. The number of fused-ring (bicyclic) bond motifs is 3. The average Bonchev–Trinajstić information content (AvgIpc) is 2.80. The van der Waals surface area contributed by atoms with Crippen molar-refractivity contribution in [1.82, 2.24) is 4.90 Å². The fourth-order valence-corrected chi connectivity index (χ4v) is 6.23. The van der Waals surface area contributed by atoms with Crippen LogP contribution < -0.4 is 22.9 Å². The lowest BCUT2D eigenvalue weighted by Gasteiger charge is -2.62. The molecule has 1 aromatic carbocycles. The lowest BCUT2D eigenvalue weighted by atomic mass is 9.45. The summed E-state index contributed by atoms with van der Waals surface area (Å²) in [7, 11) is 2.59. The number of aromatic hydroxyl groups is 1. The van der Waals surface area contributed by atoms with Crippen LogP contribution in [0, 0.1) is 16.7 Å². The minimum absolute atomic E-state index is 0.105. The van der Waals surface area contributed by atoms with Crippen LogP contribution in [0.2, 0.25) is 0 Å². The molecular formula is C24H26N6O8. The van der Waals surface area contributed by atoms with Gasteiger partial charge in [-0.3, -0.25) is 24.1 Å². The molecule has 0 aromatic heterocycles. The first-order valence-corrected chi connectivity index (χ1v) is 11.2. The fourth-order valence-electron chi connectivity index (χ4n) is 6.23. The first-order valence-electron chi connectivity index (χ1n) is 11.2. The molecule has 38 heavy (non-hydrogen) atoms. The number of amides is 1. The SMILES string of the molecule is CC(=O)c1ccc(O)c2c1[C@H](N)[C@]1(N)C(=C2O)C(=O)[C@]2(C#N)C(O)=C(C(N)=O)C(=O)[C@@H](N(C)C)[C@]2(N)[C@H]1O. The van der Waals surface area contributed by atoms with Crippen molar-refractivity contribution in [2.45, 2.75) is 36.2 Å². The van der Waals surface area contributed by atoms with Gasteiger partial charge < -0.3 is 43.4 Å². The number of phenols is 1. The Bertz CT molecular complexity index is 1470. The molecule has 0 unspecified atom stereocenters. The lowest BCUT2D eigenvalue weighted by molar-refractivity contribution is -0.153. The zero-order valence-corrected chi connectivity index (χ0v) is 20.5. The summed E-state index contributed by atoms with van der Waals surface area (Å²) >= 11 is 0. The molecule has 3 aliphatic rings. The molecule has 6 atom stereocenters. The summed E-state index contributed by atoms with van der Waals surface area (Å²) in [4.78, 5) is 53.4. The Morgan fingerprint density at radius 3 is 2.18 bits per heavy atom. The van der Waals surface area contributed by atoms with E-state index in [-0.39, 0.29) is 11.1 Å². The number of ketones is 3. The Kier molecular flexibility index (Phi) is 5.62. The number of aliphatic hydroxyl groups excluding tert-OH is 3. The van der Waals surface area contributed by atoms with Crippen molar-refractivity contribution in [2.75, 3.05) is 14.1 Å². The van der Waals surface area contributed by atoms with Crippen LogP contribution in [0.25, 0.3) is 5.76 Å². The van der Waals surface area contributed by atoms with Crippen molar-refractivity contribution in [3.8, 4) is 11.8 Å². The number of aliphatic hydroxyl groups is 3. The topological polar surface area (TPSA) is 280 Å². The van der Waals surface area contributed by atoms with E-state index >= 15 is 0 Å². The summed E-state index contributed by atoms with van der Waals surface area (Å²) in [5.41, 5.74) is 13.8. The Morgan fingerprint density at radius 2 is 1.71 bits per heavy atom. The standard InChI is InChI=1S/C24H26N6O8/c1-7(31)8-4-5-9(32)11-10(8)16(26)23(28)13(14(11)33)19(36)22(6-25)18(35)12(20(27)37)15(34)17(30(2)3)24(22,29)21(23)38/h4-5,16-17,21,32-33,35,38H,26,28-29H2,1-3H3,(H2,27,37)/t16-,17+,21-,22-,23+,24-/m0/s1. The second-order valence-corrected chi connectivity index (χ2v) is 9.96. The van der Waals surface area contributed by atoms with Gasteiger partial charge >= 0.3 is 0 Å². The summed E-state index contributed by atoms with van der Waals surface area (Å²) in [6.45, 7) is 1.17.